The number of carbonyl (C=O) groups excluding carboxylic acids is 1. The minimum atomic E-state index is -0.673. The summed E-state index contributed by atoms with van der Waals surface area (Å²) in [6.45, 7) is 7.93. The summed E-state index contributed by atoms with van der Waals surface area (Å²) in [5.41, 5.74) is 1.81. The average Bonchev–Trinajstić information content (AvgIpc) is 2.69. The third-order valence-electron chi connectivity index (χ3n) is 5.94. The Morgan fingerprint density at radius 1 is 1.21 bits per heavy atom. The number of methoxy groups -OCH3 is 1. The van der Waals surface area contributed by atoms with Crippen LogP contribution in [0, 0.1) is 5.92 Å². The normalized spacial score (nSPS) is 19.9. The summed E-state index contributed by atoms with van der Waals surface area (Å²) < 4.78 is 5.60. The van der Waals surface area contributed by atoms with Gasteiger partial charge in [0.05, 0.1) is 0 Å². The van der Waals surface area contributed by atoms with Crippen LogP contribution in [-0.2, 0) is 22.6 Å². The van der Waals surface area contributed by atoms with Gasteiger partial charge in [0.25, 0.3) is 5.91 Å². The second-order valence-electron chi connectivity index (χ2n) is 7.91. The van der Waals surface area contributed by atoms with Crippen LogP contribution in [0.25, 0.3) is 0 Å². The third kappa shape index (κ3) is 6.60. The molecule has 2 fully saturated rings. The summed E-state index contributed by atoms with van der Waals surface area (Å²) in [4.78, 5) is 15.2. The van der Waals surface area contributed by atoms with Gasteiger partial charge in [-0.25, -0.2) is 0 Å². The Morgan fingerprint density at radius 3 is 2.50 bits per heavy atom. The minimum absolute atomic E-state index is 0. The highest BCUT2D eigenvalue weighted by Crippen LogP contribution is 2.23. The highest BCUT2D eigenvalue weighted by molar-refractivity contribution is 5.86. The second kappa shape index (κ2) is 12.0. The number of nitrogens with zero attached hydrogens (tertiary/aromatic N) is 1. The fraction of sp³-hybridized carbons (Fsp3) is 0.667. The number of piperidine rings is 2. The number of benzene rings is 1. The molecule has 2 N–H and O–H groups in total. The molecule has 160 valence electrons. The van der Waals surface area contributed by atoms with E-state index in [1.165, 1.54) is 31.5 Å². The first-order valence-corrected chi connectivity index (χ1v) is 9.96. The lowest BCUT2D eigenvalue weighted by Gasteiger charge is -2.34. The number of likely N-dealkylation sites (tertiary alicyclic amines) is 1. The maximum atomic E-state index is 12.7. The zero-order chi connectivity index (χ0) is 18.4. The van der Waals surface area contributed by atoms with Crippen LogP contribution in [0.2, 0.25) is 0 Å². The maximum Gasteiger partial charge on any atom is 0.252 e. The number of halogens is 2. The lowest BCUT2D eigenvalue weighted by Crippen LogP contribution is -2.53. The van der Waals surface area contributed by atoms with Crippen LogP contribution in [0.4, 0.5) is 0 Å². The van der Waals surface area contributed by atoms with Gasteiger partial charge in [-0.1, -0.05) is 31.2 Å². The molecule has 0 bridgehead atoms. The Hall–Kier alpha value is -0.850. The number of nitrogens with one attached hydrogen (secondary N) is 2. The van der Waals surface area contributed by atoms with E-state index in [0.717, 1.165) is 44.0 Å². The van der Waals surface area contributed by atoms with Crippen LogP contribution in [0.5, 0.6) is 0 Å². The van der Waals surface area contributed by atoms with Crippen molar-refractivity contribution in [3.63, 3.8) is 0 Å². The minimum Gasteiger partial charge on any atom is -0.368 e. The molecule has 0 spiro atoms. The average molecular weight is 432 g/mol. The fourth-order valence-electron chi connectivity index (χ4n) is 4.01. The van der Waals surface area contributed by atoms with E-state index < -0.39 is 5.60 Å². The Balaban J connectivity index is 0.00000196. The molecule has 2 heterocycles. The first-order chi connectivity index (χ1) is 12.6. The first kappa shape index (κ1) is 25.2. The number of rotatable bonds is 6. The summed E-state index contributed by atoms with van der Waals surface area (Å²) in [6, 6.07) is 8.59. The van der Waals surface area contributed by atoms with Crippen molar-refractivity contribution >= 4 is 30.7 Å². The Morgan fingerprint density at radius 2 is 1.86 bits per heavy atom. The number of amides is 1. The van der Waals surface area contributed by atoms with Gasteiger partial charge in [-0.3, -0.25) is 9.69 Å². The first-order valence-electron chi connectivity index (χ1n) is 9.96. The van der Waals surface area contributed by atoms with E-state index in [1.807, 2.05) is 0 Å². The standard InChI is InChI=1S/C21H33N3O2.2ClH/c1-17-6-12-24(13-7-17)16-19-5-3-4-18(14-19)15-23-20(25)21(26-2)8-10-22-11-9-21;;/h3-5,14,17,22H,6-13,15-16H2,1-2H3,(H,23,25);2*1H. The van der Waals surface area contributed by atoms with Gasteiger partial charge >= 0.3 is 0 Å². The van der Waals surface area contributed by atoms with Crippen LogP contribution in [0.15, 0.2) is 24.3 Å². The van der Waals surface area contributed by atoms with E-state index >= 15 is 0 Å². The van der Waals surface area contributed by atoms with Crippen LogP contribution >= 0.6 is 24.8 Å². The monoisotopic (exact) mass is 431 g/mol. The number of ether oxygens (including phenoxy) is 1. The van der Waals surface area contributed by atoms with Crippen molar-refractivity contribution in [2.75, 3.05) is 33.3 Å². The van der Waals surface area contributed by atoms with E-state index in [1.54, 1.807) is 7.11 Å². The smallest absolute Gasteiger partial charge is 0.252 e. The van der Waals surface area contributed by atoms with Crippen LogP contribution in [-0.4, -0.2) is 49.7 Å². The van der Waals surface area contributed by atoms with Crippen LogP contribution in [0.1, 0.15) is 43.7 Å². The van der Waals surface area contributed by atoms with Crippen molar-refractivity contribution in [2.24, 2.45) is 5.92 Å². The SMILES string of the molecule is COC1(C(=O)NCc2cccc(CN3CCC(C)CC3)c2)CCNCC1.Cl.Cl. The Labute approximate surface area is 181 Å². The number of hydrogen-bond donors (Lipinski definition) is 2. The molecule has 3 rings (SSSR count). The van der Waals surface area contributed by atoms with E-state index in [4.69, 9.17) is 4.74 Å². The van der Waals surface area contributed by atoms with Crippen molar-refractivity contribution in [1.29, 1.82) is 0 Å². The zero-order valence-electron chi connectivity index (χ0n) is 17.0. The van der Waals surface area contributed by atoms with Crippen molar-refractivity contribution < 1.29 is 9.53 Å². The molecular weight excluding hydrogens is 397 g/mol. The Kier molecular flexibility index (Phi) is 10.8. The fourth-order valence-corrected chi connectivity index (χ4v) is 4.01. The van der Waals surface area contributed by atoms with Crippen LogP contribution in [0.3, 0.4) is 0 Å². The predicted molar refractivity (Wildman–Crippen MR) is 118 cm³/mol. The lowest BCUT2D eigenvalue weighted by atomic mass is 9.91. The molecule has 0 saturated carbocycles. The molecule has 1 aromatic carbocycles. The summed E-state index contributed by atoms with van der Waals surface area (Å²) in [5.74, 6) is 0.868. The molecule has 0 unspecified atom stereocenters. The van der Waals surface area contributed by atoms with E-state index in [9.17, 15) is 4.79 Å². The van der Waals surface area contributed by atoms with Crippen LogP contribution < -0.4 is 10.6 Å². The van der Waals surface area contributed by atoms with Gasteiger partial charge in [0, 0.05) is 20.2 Å². The maximum absolute atomic E-state index is 12.7. The third-order valence-corrected chi connectivity index (χ3v) is 5.94. The molecule has 28 heavy (non-hydrogen) atoms. The van der Waals surface area contributed by atoms with Crippen molar-refractivity contribution in [2.45, 2.75) is 51.3 Å². The molecule has 7 heteroatoms. The van der Waals surface area contributed by atoms with E-state index in [-0.39, 0.29) is 30.7 Å². The molecule has 5 nitrogen and oxygen atoms in total. The number of carbonyl (C=O) groups is 1. The summed E-state index contributed by atoms with van der Waals surface area (Å²) >= 11 is 0. The second-order valence-corrected chi connectivity index (χ2v) is 7.91. The van der Waals surface area contributed by atoms with Crippen molar-refractivity contribution in [1.82, 2.24) is 15.5 Å². The molecule has 2 saturated heterocycles. The molecule has 0 aliphatic carbocycles. The molecule has 2 aliphatic rings. The quantitative estimate of drug-likeness (QED) is 0.725. The molecule has 0 radical (unpaired) electrons. The van der Waals surface area contributed by atoms with Gasteiger partial charge in [0.1, 0.15) is 5.60 Å². The topological polar surface area (TPSA) is 53.6 Å². The Bertz CT molecular complexity index is 601. The molecule has 2 aliphatic heterocycles. The summed E-state index contributed by atoms with van der Waals surface area (Å²) in [6.07, 6.45) is 4.04. The molecule has 1 aromatic rings. The summed E-state index contributed by atoms with van der Waals surface area (Å²) in [7, 11) is 1.64. The predicted octanol–water partition coefficient (Wildman–Crippen LogP) is 3.15. The molecule has 1 amide bonds. The van der Waals surface area contributed by atoms with Gasteiger partial charge in [-0.15, -0.1) is 24.8 Å². The zero-order valence-corrected chi connectivity index (χ0v) is 18.7. The van der Waals surface area contributed by atoms with Crippen molar-refractivity contribution in [3.05, 3.63) is 35.4 Å². The summed E-state index contributed by atoms with van der Waals surface area (Å²) in [5, 5.41) is 6.38. The van der Waals surface area contributed by atoms with Gasteiger partial charge in [0.15, 0.2) is 0 Å². The van der Waals surface area contributed by atoms with Gasteiger partial charge in [-0.2, -0.15) is 0 Å². The highest BCUT2D eigenvalue weighted by Gasteiger charge is 2.39. The van der Waals surface area contributed by atoms with E-state index in [0.29, 0.717) is 6.54 Å². The lowest BCUT2D eigenvalue weighted by molar-refractivity contribution is -0.146. The molecular formula is C21H35Cl2N3O2. The van der Waals surface area contributed by atoms with Crippen molar-refractivity contribution in [3.8, 4) is 0 Å². The van der Waals surface area contributed by atoms with Gasteiger partial charge in [0.2, 0.25) is 0 Å². The highest BCUT2D eigenvalue weighted by atomic mass is 35.5. The molecule has 0 aromatic heterocycles. The van der Waals surface area contributed by atoms with Gasteiger partial charge < -0.3 is 15.4 Å². The molecule has 0 atom stereocenters. The number of hydrogen-bond acceptors (Lipinski definition) is 4. The largest absolute Gasteiger partial charge is 0.368 e. The van der Waals surface area contributed by atoms with E-state index in [2.05, 4.69) is 46.7 Å². The van der Waals surface area contributed by atoms with Gasteiger partial charge in [-0.05, 0) is 68.9 Å².